The fourth-order valence-electron chi connectivity index (χ4n) is 2.63. The van der Waals surface area contributed by atoms with Gasteiger partial charge in [-0.1, -0.05) is 71.1 Å². The molecule has 0 spiro atoms. The number of rotatable bonds is 15. The fraction of sp³-hybridized carbons (Fsp3) is 0.941. The van der Waals surface area contributed by atoms with Crippen molar-refractivity contribution in [2.45, 2.75) is 90.4 Å². The Kier molecular flexibility index (Phi) is 14.4. The predicted molar refractivity (Wildman–Crippen MR) is 85.9 cm³/mol. The zero-order valence-corrected chi connectivity index (χ0v) is 13.4. The van der Waals surface area contributed by atoms with Gasteiger partial charge in [-0.05, 0) is 25.8 Å². The minimum Gasteiger partial charge on any atom is -0.481 e. The molecule has 3 heteroatoms. The van der Waals surface area contributed by atoms with Crippen LogP contribution in [-0.4, -0.2) is 17.6 Å². The summed E-state index contributed by atoms with van der Waals surface area (Å²) in [5.74, 6) is -0.771. The van der Waals surface area contributed by atoms with E-state index >= 15 is 0 Å². The van der Waals surface area contributed by atoms with E-state index in [-0.39, 0.29) is 5.92 Å². The predicted octanol–water partition coefficient (Wildman–Crippen LogP) is 4.74. The summed E-state index contributed by atoms with van der Waals surface area (Å²) in [5, 5.41) is 9.16. The van der Waals surface area contributed by atoms with E-state index in [1.54, 1.807) is 0 Å². The second-order valence-electron chi connectivity index (χ2n) is 5.94. The van der Waals surface area contributed by atoms with Crippen molar-refractivity contribution in [2.75, 3.05) is 6.54 Å². The highest BCUT2D eigenvalue weighted by molar-refractivity contribution is 5.69. The molecule has 0 aliphatic rings. The zero-order valence-electron chi connectivity index (χ0n) is 13.4. The molecule has 120 valence electrons. The average molecular weight is 285 g/mol. The van der Waals surface area contributed by atoms with E-state index < -0.39 is 5.97 Å². The van der Waals surface area contributed by atoms with Crippen LogP contribution < -0.4 is 5.73 Å². The van der Waals surface area contributed by atoms with E-state index in [4.69, 9.17) is 10.8 Å². The second-order valence-corrected chi connectivity index (χ2v) is 5.94. The topological polar surface area (TPSA) is 63.3 Å². The number of nitrogens with two attached hydrogens (primary N) is 1. The molecule has 20 heavy (non-hydrogen) atoms. The van der Waals surface area contributed by atoms with Crippen LogP contribution in [0.3, 0.4) is 0 Å². The van der Waals surface area contributed by atoms with Crippen molar-refractivity contribution >= 4 is 5.97 Å². The molecule has 1 atom stereocenters. The first-order valence-corrected chi connectivity index (χ1v) is 8.65. The first kappa shape index (κ1) is 19.4. The van der Waals surface area contributed by atoms with E-state index in [1.165, 1.54) is 51.4 Å². The smallest absolute Gasteiger partial charge is 0.306 e. The number of unbranched alkanes of at least 4 members (excludes halogenated alkanes) is 9. The van der Waals surface area contributed by atoms with E-state index in [0.29, 0.717) is 6.54 Å². The molecule has 0 fully saturated rings. The number of carboxylic acids is 1. The van der Waals surface area contributed by atoms with Gasteiger partial charge in [0.1, 0.15) is 0 Å². The quantitative estimate of drug-likeness (QED) is 0.427. The highest BCUT2D eigenvalue weighted by atomic mass is 16.4. The van der Waals surface area contributed by atoms with Gasteiger partial charge in [0.2, 0.25) is 0 Å². The molecule has 0 aliphatic heterocycles. The molecule has 0 saturated carbocycles. The molecule has 0 radical (unpaired) electrons. The monoisotopic (exact) mass is 285 g/mol. The molecule has 0 saturated heterocycles. The van der Waals surface area contributed by atoms with Crippen LogP contribution in [0.1, 0.15) is 90.4 Å². The third kappa shape index (κ3) is 12.5. The molecular weight excluding hydrogens is 250 g/mol. The number of carboxylic acid groups (broad SMARTS) is 1. The van der Waals surface area contributed by atoms with E-state index in [0.717, 1.165) is 32.1 Å². The largest absolute Gasteiger partial charge is 0.481 e. The third-order valence-electron chi connectivity index (χ3n) is 4.01. The number of hydrogen-bond acceptors (Lipinski definition) is 2. The summed E-state index contributed by atoms with van der Waals surface area (Å²) in [4.78, 5) is 11.1. The molecule has 0 aromatic rings. The lowest BCUT2D eigenvalue weighted by molar-refractivity contribution is -0.142. The Morgan fingerprint density at radius 3 is 1.75 bits per heavy atom. The summed E-state index contributed by atoms with van der Waals surface area (Å²) in [6.07, 6.45) is 15.1. The van der Waals surface area contributed by atoms with Gasteiger partial charge in [-0.2, -0.15) is 0 Å². The van der Waals surface area contributed by atoms with Gasteiger partial charge in [0.05, 0.1) is 5.92 Å². The Bertz CT molecular complexity index is 219. The highest BCUT2D eigenvalue weighted by Crippen LogP contribution is 2.18. The van der Waals surface area contributed by atoms with Crippen molar-refractivity contribution in [1.82, 2.24) is 0 Å². The summed E-state index contributed by atoms with van der Waals surface area (Å²) in [6.45, 7) is 2.91. The van der Waals surface area contributed by atoms with Gasteiger partial charge in [0.15, 0.2) is 0 Å². The number of carbonyl (C=O) groups is 1. The van der Waals surface area contributed by atoms with E-state index in [2.05, 4.69) is 6.92 Å². The van der Waals surface area contributed by atoms with Crippen LogP contribution in [0.25, 0.3) is 0 Å². The molecule has 0 aromatic heterocycles. The van der Waals surface area contributed by atoms with Crippen molar-refractivity contribution in [3.8, 4) is 0 Å². The van der Waals surface area contributed by atoms with Crippen LogP contribution in [0.5, 0.6) is 0 Å². The Morgan fingerprint density at radius 1 is 0.850 bits per heavy atom. The molecule has 0 aliphatic carbocycles. The van der Waals surface area contributed by atoms with Crippen LogP contribution in [0.2, 0.25) is 0 Å². The lowest BCUT2D eigenvalue weighted by Gasteiger charge is -2.11. The number of aliphatic carboxylic acids is 1. The number of hydrogen-bond donors (Lipinski definition) is 2. The summed E-state index contributed by atoms with van der Waals surface area (Å²) in [7, 11) is 0. The van der Waals surface area contributed by atoms with E-state index in [1.807, 2.05) is 0 Å². The average Bonchev–Trinajstić information content (AvgIpc) is 2.43. The standard InChI is InChI=1S/C17H35NO2/c1-2-3-4-5-6-7-8-9-10-13-16(17(19)20)14-11-12-15-18/h16H,2-15,18H2,1H3,(H,19,20). The Labute approximate surface area is 125 Å². The SMILES string of the molecule is CCCCCCCCCCCC(CCCCN)C(=O)O. The maximum atomic E-state index is 11.1. The lowest BCUT2D eigenvalue weighted by Crippen LogP contribution is -2.14. The Balaban J connectivity index is 3.42. The first-order valence-electron chi connectivity index (χ1n) is 8.65. The molecule has 0 heterocycles. The van der Waals surface area contributed by atoms with Crippen LogP contribution in [-0.2, 0) is 4.79 Å². The van der Waals surface area contributed by atoms with Gasteiger partial charge in [-0.15, -0.1) is 0 Å². The Hall–Kier alpha value is -0.570. The van der Waals surface area contributed by atoms with Gasteiger partial charge in [0, 0.05) is 0 Å². The molecule has 3 N–H and O–H groups in total. The lowest BCUT2D eigenvalue weighted by atomic mass is 9.95. The summed E-state index contributed by atoms with van der Waals surface area (Å²) >= 11 is 0. The zero-order chi connectivity index (χ0) is 15.1. The van der Waals surface area contributed by atoms with Gasteiger partial charge in [-0.3, -0.25) is 4.79 Å². The minimum atomic E-state index is -0.624. The van der Waals surface area contributed by atoms with Gasteiger partial charge in [0.25, 0.3) is 0 Å². The molecule has 0 bridgehead atoms. The fourth-order valence-corrected chi connectivity index (χ4v) is 2.63. The molecule has 1 unspecified atom stereocenters. The second kappa shape index (κ2) is 14.8. The maximum Gasteiger partial charge on any atom is 0.306 e. The first-order chi connectivity index (χ1) is 9.72. The van der Waals surface area contributed by atoms with Crippen molar-refractivity contribution < 1.29 is 9.90 Å². The van der Waals surface area contributed by atoms with Crippen molar-refractivity contribution in [2.24, 2.45) is 11.7 Å². The minimum absolute atomic E-state index is 0.147. The van der Waals surface area contributed by atoms with Crippen LogP contribution >= 0.6 is 0 Å². The molecular formula is C17H35NO2. The Morgan fingerprint density at radius 2 is 1.30 bits per heavy atom. The van der Waals surface area contributed by atoms with Gasteiger partial charge < -0.3 is 10.8 Å². The van der Waals surface area contributed by atoms with Crippen LogP contribution in [0, 0.1) is 5.92 Å². The van der Waals surface area contributed by atoms with Crippen molar-refractivity contribution in [3.63, 3.8) is 0 Å². The summed E-state index contributed by atoms with van der Waals surface area (Å²) < 4.78 is 0. The molecule has 3 nitrogen and oxygen atoms in total. The normalized spacial score (nSPS) is 12.5. The van der Waals surface area contributed by atoms with Crippen molar-refractivity contribution in [3.05, 3.63) is 0 Å². The summed E-state index contributed by atoms with van der Waals surface area (Å²) in [5.41, 5.74) is 5.44. The van der Waals surface area contributed by atoms with E-state index in [9.17, 15) is 4.79 Å². The maximum absolute atomic E-state index is 11.1. The van der Waals surface area contributed by atoms with Gasteiger partial charge in [-0.25, -0.2) is 0 Å². The van der Waals surface area contributed by atoms with Gasteiger partial charge >= 0.3 is 5.97 Å². The summed E-state index contributed by atoms with van der Waals surface area (Å²) in [6, 6.07) is 0. The third-order valence-corrected chi connectivity index (χ3v) is 4.01. The molecule has 0 rings (SSSR count). The highest BCUT2D eigenvalue weighted by Gasteiger charge is 2.15. The molecule has 0 aromatic carbocycles. The van der Waals surface area contributed by atoms with Crippen molar-refractivity contribution in [1.29, 1.82) is 0 Å². The van der Waals surface area contributed by atoms with Crippen LogP contribution in [0.15, 0.2) is 0 Å². The molecule has 0 amide bonds. The van der Waals surface area contributed by atoms with Crippen LogP contribution in [0.4, 0.5) is 0 Å².